The fourth-order valence-corrected chi connectivity index (χ4v) is 2.93. The van der Waals surface area contributed by atoms with Crippen molar-refractivity contribution in [3.63, 3.8) is 0 Å². The van der Waals surface area contributed by atoms with Crippen LogP contribution in [0.25, 0.3) is 0 Å². The van der Waals surface area contributed by atoms with Crippen LogP contribution < -0.4 is 10.5 Å². The summed E-state index contributed by atoms with van der Waals surface area (Å²) < 4.78 is 6.35. The monoisotopic (exact) mass is 387 g/mol. The topological polar surface area (TPSA) is 35.2 Å². The largest absolute Gasteiger partial charge is 0.495 e. The number of hydrogen-bond donors (Lipinski definition) is 1. The summed E-state index contributed by atoms with van der Waals surface area (Å²) in [5, 5.41) is 0.582. The Bertz CT molecular complexity index is 601. The van der Waals surface area contributed by atoms with Crippen LogP contribution in [0.5, 0.6) is 5.75 Å². The third-order valence-electron chi connectivity index (χ3n) is 3.09. The number of nitrogens with two attached hydrogens (primary N) is 1. The van der Waals surface area contributed by atoms with Crippen LogP contribution in [0, 0.1) is 10.5 Å². The first-order chi connectivity index (χ1) is 9.04. The summed E-state index contributed by atoms with van der Waals surface area (Å²) in [6.45, 7) is 2.08. The third-order valence-corrected chi connectivity index (χ3v) is 4.86. The highest BCUT2D eigenvalue weighted by Gasteiger charge is 2.14. The molecule has 4 heteroatoms. The Hall–Kier alpha value is -0.780. The quantitative estimate of drug-likeness (QED) is 0.797. The minimum atomic E-state index is -0.185. The molecule has 1 atom stereocenters. The summed E-state index contributed by atoms with van der Waals surface area (Å²) in [6, 6.07) is 11.6. The van der Waals surface area contributed by atoms with E-state index >= 15 is 0 Å². The van der Waals surface area contributed by atoms with Gasteiger partial charge in [-0.25, -0.2) is 0 Å². The third kappa shape index (κ3) is 3.04. The van der Waals surface area contributed by atoms with E-state index in [1.54, 1.807) is 7.11 Å². The lowest BCUT2D eigenvalue weighted by Gasteiger charge is -2.16. The highest BCUT2D eigenvalue weighted by molar-refractivity contribution is 14.1. The molecular weight excluding hydrogens is 373 g/mol. The molecule has 0 spiro atoms. The van der Waals surface area contributed by atoms with Gasteiger partial charge in [0, 0.05) is 3.57 Å². The Kier molecular flexibility index (Phi) is 4.71. The SMILES string of the molecule is COc1ccc(C(N)c2cccc(C)c2I)cc1Cl. The van der Waals surface area contributed by atoms with Crippen LogP contribution in [0.4, 0.5) is 0 Å². The maximum absolute atomic E-state index is 6.34. The van der Waals surface area contributed by atoms with E-state index in [2.05, 4.69) is 41.6 Å². The van der Waals surface area contributed by atoms with Gasteiger partial charge >= 0.3 is 0 Å². The molecule has 0 aliphatic heterocycles. The van der Waals surface area contributed by atoms with Crippen LogP contribution in [-0.2, 0) is 0 Å². The zero-order valence-corrected chi connectivity index (χ0v) is 13.7. The second-order valence-electron chi connectivity index (χ2n) is 4.35. The molecular formula is C15H15ClINO. The Morgan fingerprint density at radius 3 is 2.63 bits per heavy atom. The van der Waals surface area contributed by atoms with Crippen LogP contribution >= 0.6 is 34.2 Å². The minimum Gasteiger partial charge on any atom is -0.495 e. The average molecular weight is 388 g/mol. The molecule has 0 radical (unpaired) electrons. The first-order valence-electron chi connectivity index (χ1n) is 5.88. The van der Waals surface area contributed by atoms with E-state index in [9.17, 15) is 0 Å². The number of methoxy groups -OCH3 is 1. The van der Waals surface area contributed by atoms with Gasteiger partial charge in [-0.1, -0.05) is 35.9 Å². The molecule has 0 aliphatic rings. The van der Waals surface area contributed by atoms with Gasteiger partial charge in [0.25, 0.3) is 0 Å². The summed E-state index contributed by atoms with van der Waals surface area (Å²) in [5.74, 6) is 0.663. The molecule has 0 saturated heterocycles. The second kappa shape index (κ2) is 6.11. The average Bonchev–Trinajstić information content (AvgIpc) is 2.41. The number of benzene rings is 2. The van der Waals surface area contributed by atoms with Gasteiger partial charge in [0.1, 0.15) is 5.75 Å². The number of hydrogen-bond acceptors (Lipinski definition) is 2. The van der Waals surface area contributed by atoms with Gasteiger partial charge in [0.2, 0.25) is 0 Å². The highest BCUT2D eigenvalue weighted by Crippen LogP contribution is 2.31. The van der Waals surface area contributed by atoms with Crippen molar-refractivity contribution >= 4 is 34.2 Å². The van der Waals surface area contributed by atoms with Gasteiger partial charge in [-0.2, -0.15) is 0 Å². The number of aryl methyl sites for hydroxylation is 1. The van der Waals surface area contributed by atoms with Gasteiger partial charge in [-0.15, -0.1) is 0 Å². The summed E-state index contributed by atoms with van der Waals surface area (Å²) in [6.07, 6.45) is 0. The summed E-state index contributed by atoms with van der Waals surface area (Å²) in [4.78, 5) is 0. The van der Waals surface area contributed by atoms with E-state index in [0.717, 1.165) is 11.1 Å². The second-order valence-corrected chi connectivity index (χ2v) is 5.84. The molecule has 0 saturated carbocycles. The van der Waals surface area contributed by atoms with Crippen molar-refractivity contribution in [1.82, 2.24) is 0 Å². The zero-order valence-electron chi connectivity index (χ0n) is 10.8. The normalized spacial score (nSPS) is 12.3. The van der Waals surface area contributed by atoms with Gasteiger partial charge in [0.15, 0.2) is 0 Å². The Balaban J connectivity index is 2.41. The molecule has 2 N–H and O–H groups in total. The van der Waals surface area contributed by atoms with Crippen LogP contribution in [0.2, 0.25) is 5.02 Å². The lowest BCUT2D eigenvalue weighted by Crippen LogP contribution is -2.13. The van der Waals surface area contributed by atoms with E-state index in [4.69, 9.17) is 22.1 Å². The fraction of sp³-hybridized carbons (Fsp3) is 0.200. The molecule has 0 bridgehead atoms. The van der Waals surface area contributed by atoms with Crippen molar-refractivity contribution in [3.8, 4) is 5.75 Å². The smallest absolute Gasteiger partial charge is 0.137 e. The molecule has 19 heavy (non-hydrogen) atoms. The van der Waals surface area contributed by atoms with Crippen LogP contribution in [-0.4, -0.2) is 7.11 Å². The Morgan fingerprint density at radius 1 is 1.26 bits per heavy atom. The predicted molar refractivity (Wildman–Crippen MR) is 87.9 cm³/mol. The number of halogens is 2. The van der Waals surface area contributed by atoms with Gasteiger partial charge < -0.3 is 10.5 Å². The van der Waals surface area contributed by atoms with Crippen molar-refractivity contribution in [3.05, 3.63) is 61.7 Å². The Morgan fingerprint density at radius 2 is 2.00 bits per heavy atom. The number of rotatable bonds is 3. The summed E-state index contributed by atoms with van der Waals surface area (Å²) in [5.41, 5.74) is 9.67. The fourth-order valence-electron chi connectivity index (χ4n) is 1.97. The molecule has 0 fully saturated rings. The standard InChI is InChI=1S/C15H15ClINO/c1-9-4-3-5-11(14(9)17)15(18)10-6-7-13(19-2)12(16)8-10/h3-8,15H,18H2,1-2H3. The van der Waals surface area contributed by atoms with Crippen molar-refractivity contribution in [2.45, 2.75) is 13.0 Å². The summed E-state index contributed by atoms with van der Waals surface area (Å²) >= 11 is 8.48. The maximum Gasteiger partial charge on any atom is 0.137 e. The molecule has 2 rings (SSSR count). The molecule has 2 nitrogen and oxygen atoms in total. The van der Waals surface area contributed by atoms with Gasteiger partial charge in [-0.3, -0.25) is 0 Å². The molecule has 100 valence electrons. The number of ether oxygens (including phenoxy) is 1. The first-order valence-corrected chi connectivity index (χ1v) is 7.34. The van der Waals surface area contributed by atoms with Gasteiger partial charge in [0.05, 0.1) is 18.2 Å². The zero-order chi connectivity index (χ0) is 14.0. The van der Waals surface area contributed by atoms with E-state index in [1.165, 1.54) is 9.13 Å². The van der Waals surface area contributed by atoms with Crippen molar-refractivity contribution < 1.29 is 4.74 Å². The lowest BCUT2D eigenvalue weighted by molar-refractivity contribution is 0.415. The minimum absolute atomic E-state index is 0.185. The van der Waals surface area contributed by atoms with E-state index in [0.29, 0.717) is 10.8 Å². The van der Waals surface area contributed by atoms with Crippen LogP contribution in [0.15, 0.2) is 36.4 Å². The maximum atomic E-state index is 6.34. The molecule has 2 aromatic rings. The lowest BCUT2D eigenvalue weighted by atomic mass is 9.98. The highest BCUT2D eigenvalue weighted by atomic mass is 127. The van der Waals surface area contributed by atoms with Crippen molar-refractivity contribution in [2.24, 2.45) is 5.73 Å². The molecule has 1 unspecified atom stereocenters. The van der Waals surface area contributed by atoms with E-state index in [-0.39, 0.29) is 6.04 Å². The molecule has 0 amide bonds. The molecule has 0 aliphatic carbocycles. The van der Waals surface area contributed by atoms with Gasteiger partial charge in [-0.05, 0) is 58.3 Å². The van der Waals surface area contributed by atoms with Crippen molar-refractivity contribution in [1.29, 1.82) is 0 Å². The predicted octanol–water partition coefficient (Wildman–Crippen LogP) is 4.31. The van der Waals surface area contributed by atoms with Crippen LogP contribution in [0.1, 0.15) is 22.7 Å². The Labute approximate surface area is 132 Å². The first kappa shape index (κ1) is 14.6. The molecule has 2 aromatic carbocycles. The molecule has 0 heterocycles. The van der Waals surface area contributed by atoms with E-state index in [1.807, 2.05) is 24.3 Å². The molecule has 0 aromatic heterocycles. The van der Waals surface area contributed by atoms with E-state index < -0.39 is 0 Å². The van der Waals surface area contributed by atoms with Crippen molar-refractivity contribution in [2.75, 3.05) is 7.11 Å². The summed E-state index contributed by atoms with van der Waals surface area (Å²) in [7, 11) is 1.60. The van der Waals surface area contributed by atoms with Crippen LogP contribution in [0.3, 0.4) is 0 Å².